The van der Waals surface area contributed by atoms with Crippen molar-refractivity contribution >= 4 is 29.7 Å². The molecule has 0 spiro atoms. The fraction of sp³-hybridized carbons (Fsp3) is 0.238. The topological polar surface area (TPSA) is 87.6 Å². The summed E-state index contributed by atoms with van der Waals surface area (Å²) < 4.78 is 58.1. The van der Waals surface area contributed by atoms with Crippen molar-refractivity contribution < 1.29 is 22.3 Å². The molecule has 1 aliphatic rings. The van der Waals surface area contributed by atoms with E-state index in [1.807, 2.05) is 4.90 Å². The lowest BCUT2D eigenvalue weighted by Crippen LogP contribution is -2.37. The third-order valence-electron chi connectivity index (χ3n) is 4.65. The van der Waals surface area contributed by atoms with Crippen molar-refractivity contribution in [3.05, 3.63) is 65.5 Å². The van der Waals surface area contributed by atoms with E-state index in [4.69, 9.17) is 4.74 Å². The molecule has 2 heterocycles. The molecule has 1 aromatic heterocycles. The molecule has 2 aromatic carbocycles. The Bertz CT molecular complexity index is 1120. The van der Waals surface area contributed by atoms with Crippen LogP contribution in [0.1, 0.15) is 11.1 Å². The minimum atomic E-state index is -4.51. The summed E-state index contributed by atoms with van der Waals surface area (Å²) in [6, 6.07) is 10.7. The van der Waals surface area contributed by atoms with Crippen LogP contribution in [-0.2, 0) is 10.9 Å². The first-order valence-corrected chi connectivity index (χ1v) is 9.95. The van der Waals surface area contributed by atoms with E-state index in [9.17, 15) is 17.6 Å². The van der Waals surface area contributed by atoms with Crippen molar-refractivity contribution in [2.45, 2.75) is 6.18 Å². The lowest BCUT2D eigenvalue weighted by atomic mass is 10.1. The molecule has 0 aliphatic carbocycles. The maximum atomic E-state index is 13.2. The maximum Gasteiger partial charge on any atom is 0.417 e. The molecule has 0 saturated carbocycles. The number of aromatic nitrogens is 3. The van der Waals surface area contributed by atoms with Gasteiger partial charge in [-0.25, -0.2) is 9.82 Å². The largest absolute Gasteiger partial charge is 0.417 e. The second-order valence-corrected chi connectivity index (χ2v) is 6.97. The van der Waals surface area contributed by atoms with Crippen LogP contribution in [0.25, 0.3) is 0 Å². The minimum Gasteiger partial charge on any atom is -0.378 e. The number of anilines is 4. The predicted octanol–water partition coefficient (Wildman–Crippen LogP) is 4.06. The van der Waals surface area contributed by atoms with Gasteiger partial charge in [-0.3, -0.25) is 0 Å². The zero-order valence-corrected chi connectivity index (χ0v) is 17.2. The molecule has 172 valence electrons. The molecular formula is C21H19F4N7O. The Morgan fingerprint density at radius 2 is 1.64 bits per heavy atom. The van der Waals surface area contributed by atoms with Crippen LogP contribution in [0.3, 0.4) is 0 Å². The van der Waals surface area contributed by atoms with E-state index in [0.29, 0.717) is 37.9 Å². The molecule has 1 saturated heterocycles. The van der Waals surface area contributed by atoms with E-state index in [2.05, 4.69) is 30.8 Å². The number of alkyl halides is 3. The van der Waals surface area contributed by atoms with E-state index < -0.39 is 11.7 Å². The number of morpholine rings is 1. The molecule has 33 heavy (non-hydrogen) atoms. The SMILES string of the molecule is Fc1ccc(Nc2nc(NN=Cc3ccccc3C(F)(F)F)nc(N3CCOCC3)n2)cc1. The zero-order chi connectivity index (χ0) is 23.3. The molecular weight excluding hydrogens is 442 g/mol. The molecule has 0 radical (unpaired) electrons. The summed E-state index contributed by atoms with van der Waals surface area (Å²) in [4.78, 5) is 14.8. The highest BCUT2D eigenvalue weighted by atomic mass is 19.4. The first kappa shape index (κ1) is 22.4. The van der Waals surface area contributed by atoms with E-state index in [1.54, 1.807) is 0 Å². The normalized spacial score (nSPS) is 14.5. The molecule has 12 heteroatoms. The molecule has 3 aromatic rings. The lowest BCUT2D eigenvalue weighted by molar-refractivity contribution is -0.137. The summed E-state index contributed by atoms with van der Waals surface area (Å²) in [6.07, 6.45) is -3.46. The summed E-state index contributed by atoms with van der Waals surface area (Å²) in [7, 11) is 0. The van der Waals surface area contributed by atoms with Gasteiger partial charge in [0.05, 0.1) is 25.0 Å². The summed E-state index contributed by atoms with van der Waals surface area (Å²) >= 11 is 0. The van der Waals surface area contributed by atoms with Gasteiger partial charge in [-0.2, -0.15) is 33.2 Å². The number of rotatable bonds is 6. The van der Waals surface area contributed by atoms with Gasteiger partial charge in [0.15, 0.2) is 0 Å². The molecule has 8 nitrogen and oxygen atoms in total. The van der Waals surface area contributed by atoms with Crippen LogP contribution >= 0.6 is 0 Å². The van der Waals surface area contributed by atoms with Crippen LogP contribution in [-0.4, -0.2) is 47.5 Å². The summed E-state index contributed by atoms with van der Waals surface area (Å²) in [6.45, 7) is 2.12. The van der Waals surface area contributed by atoms with E-state index in [1.165, 1.54) is 42.5 Å². The second kappa shape index (κ2) is 9.77. The van der Waals surface area contributed by atoms with E-state index in [0.717, 1.165) is 12.3 Å². The van der Waals surface area contributed by atoms with Gasteiger partial charge in [0, 0.05) is 24.3 Å². The van der Waals surface area contributed by atoms with Crippen LogP contribution in [0.15, 0.2) is 53.6 Å². The van der Waals surface area contributed by atoms with Gasteiger partial charge in [0.2, 0.25) is 17.8 Å². The van der Waals surface area contributed by atoms with Crippen LogP contribution in [0.2, 0.25) is 0 Å². The number of hydrogen-bond donors (Lipinski definition) is 2. The fourth-order valence-corrected chi connectivity index (χ4v) is 3.07. The highest BCUT2D eigenvalue weighted by Crippen LogP contribution is 2.31. The van der Waals surface area contributed by atoms with Crippen LogP contribution < -0.4 is 15.6 Å². The van der Waals surface area contributed by atoms with Gasteiger partial charge in [-0.1, -0.05) is 18.2 Å². The predicted molar refractivity (Wildman–Crippen MR) is 115 cm³/mol. The Morgan fingerprint density at radius 1 is 0.939 bits per heavy atom. The van der Waals surface area contributed by atoms with Crippen molar-refractivity contribution in [3.63, 3.8) is 0 Å². The van der Waals surface area contributed by atoms with E-state index >= 15 is 0 Å². The van der Waals surface area contributed by atoms with Gasteiger partial charge < -0.3 is 15.0 Å². The highest BCUT2D eigenvalue weighted by molar-refractivity contribution is 5.82. The third kappa shape index (κ3) is 5.92. The van der Waals surface area contributed by atoms with Gasteiger partial charge in [-0.05, 0) is 30.3 Å². The Kier molecular flexibility index (Phi) is 6.63. The second-order valence-electron chi connectivity index (χ2n) is 6.97. The Morgan fingerprint density at radius 3 is 2.36 bits per heavy atom. The number of halogens is 4. The molecule has 1 fully saturated rings. The fourth-order valence-electron chi connectivity index (χ4n) is 3.07. The van der Waals surface area contributed by atoms with Gasteiger partial charge in [0.1, 0.15) is 5.82 Å². The summed E-state index contributed by atoms with van der Waals surface area (Å²) in [5.74, 6) is 0.135. The quantitative estimate of drug-likeness (QED) is 0.325. The van der Waals surface area contributed by atoms with Crippen LogP contribution in [0.5, 0.6) is 0 Å². The van der Waals surface area contributed by atoms with Crippen LogP contribution in [0.4, 0.5) is 41.1 Å². The smallest absolute Gasteiger partial charge is 0.378 e. The Balaban J connectivity index is 1.59. The van der Waals surface area contributed by atoms with Crippen molar-refractivity contribution in [2.24, 2.45) is 5.10 Å². The Labute approximate surface area is 186 Å². The van der Waals surface area contributed by atoms with Gasteiger partial charge in [-0.15, -0.1) is 0 Å². The number of benzene rings is 2. The number of hydrogen-bond acceptors (Lipinski definition) is 8. The van der Waals surface area contributed by atoms with Gasteiger partial charge in [0.25, 0.3) is 0 Å². The monoisotopic (exact) mass is 461 g/mol. The van der Waals surface area contributed by atoms with Crippen LogP contribution in [0, 0.1) is 5.82 Å². The number of nitrogens with zero attached hydrogens (tertiary/aromatic N) is 5. The number of ether oxygens (including phenoxy) is 1. The molecule has 4 rings (SSSR count). The zero-order valence-electron chi connectivity index (χ0n) is 17.2. The van der Waals surface area contributed by atoms with E-state index in [-0.39, 0.29) is 23.3 Å². The molecule has 0 unspecified atom stereocenters. The lowest BCUT2D eigenvalue weighted by Gasteiger charge is -2.27. The Hall–Kier alpha value is -3.80. The first-order chi connectivity index (χ1) is 15.9. The summed E-state index contributed by atoms with van der Waals surface area (Å²) in [5.41, 5.74) is 2.20. The van der Waals surface area contributed by atoms with Crippen molar-refractivity contribution in [3.8, 4) is 0 Å². The molecule has 0 amide bonds. The molecule has 0 atom stereocenters. The maximum absolute atomic E-state index is 13.2. The first-order valence-electron chi connectivity index (χ1n) is 9.95. The molecule has 2 N–H and O–H groups in total. The average molecular weight is 461 g/mol. The number of nitrogens with one attached hydrogen (secondary N) is 2. The standard InChI is InChI=1S/C21H19F4N7O/c22-15-5-7-16(8-6-15)27-18-28-19(30-20(29-18)32-9-11-33-12-10-32)31-26-13-14-3-1-2-4-17(14)21(23,24)25/h1-8,13H,9-12H2,(H2,27,28,29,30,31). The summed E-state index contributed by atoms with van der Waals surface area (Å²) in [5, 5.41) is 6.84. The van der Waals surface area contributed by atoms with Crippen molar-refractivity contribution in [1.82, 2.24) is 15.0 Å². The van der Waals surface area contributed by atoms with Gasteiger partial charge >= 0.3 is 6.18 Å². The highest BCUT2D eigenvalue weighted by Gasteiger charge is 2.32. The van der Waals surface area contributed by atoms with Crippen molar-refractivity contribution in [2.75, 3.05) is 41.9 Å². The number of hydrazone groups is 1. The molecule has 0 bridgehead atoms. The van der Waals surface area contributed by atoms with Crippen molar-refractivity contribution in [1.29, 1.82) is 0 Å². The minimum absolute atomic E-state index is 0.0249. The molecule has 1 aliphatic heterocycles. The third-order valence-corrected chi connectivity index (χ3v) is 4.65. The average Bonchev–Trinajstić information content (AvgIpc) is 2.81.